The number of unbranched alkanes of at least 4 members (excludes halogenated alkanes) is 9. The van der Waals surface area contributed by atoms with Gasteiger partial charge in [0.25, 0.3) is 0 Å². The summed E-state index contributed by atoms with van der Waals surface area (Å²) < 4.78 is 0. The van der Waals surface area contributed by atoms with Crippen LogP contribution < -0.4 is 0 Å². The van der Waals surface area contributed by atoms with Crippen molar-refractivity contribution in [2.75, 3.05) is 0 Å². The standard InChI is InChI=1S/C18H32N2O/c1-3-4-5-6-7-8-9-10-11-12-13-18(21)17-14-15-19-16(2)20-17/h14-15,18,21H,3-13H2,1-2H3. The highest BCUT2D eigenvalue weighted by Crippen LogP contribution is 2.18. The molecule has 1 aromatic heterocycles. The quantitative estimate of drug-likeness (QED) is 0.543. The van der Waals surface area contributed by atoms with Crippen molar-refractivity contribution in [1.82, 2.24) is 9.97 Å². The lowest BCUT2D eigenvalue weighted by molar-refractivity contribution is 0.158. The van der Waals surface area contributed by atoms with E-state index >= 15 is 0 Å². The SMILES string of the molecule is CCCCCCCCCCCCC(O)c1ccnc(C)n1. The molecule has 0 saturated heterocycles. The van der Waals surface area contributed by atoms with Crippen LogP contribution in [-0.4, -0.2) is 15.1 Å². The lowest BCUT2D eigenvalue weighted by Crippen LogP contribution is -2.02. The molecule has 0 bridgehead atoms. The number of hydrogen-bond donors (Lipinski definition) is 1. The number of nitrogens with zero attached hydrogens (tertiary/aromatic N) is 2. The Morgan fingerprint density at radius 3 is 2.10 bits per heavy atom. The van der Waals surface area contributed by atoms with Crippen LogP contribution in [0.5, 0.6) is 0 Å². The van der Waals surface area contributed by atoms with Crippen molar-refractivity contribution in [2.24, 2.45) is 0 Å². The lowest BCUT2D eigenvalue weighted by Gasteiger charge is -2.10. The van der Waals surface area contributed by atoms with E-state index in [1.165, 1.54) is 57.8 Å². The second-order valence-electron chi connectivity index (χ2n) is 6.02. The molecule has 21 heavy (non-hydrogen) atoms. The van der Waals surface area contributed by atoms with Crippen LogP contribution in [0.4, 0.5) is 0 Å². The molecule has 1 atom stereocenters. The van der Waals surface area contributed by atoms with Crippen molar-refractivity contribution >= 4 is 0 Å². The normalized spacial score (nSPS) is 12.5. The summed E-state index contributed by atoms with van der Waals surface area (Å²) >= 11 is 0. The highest BCUT2D eigenvalue weighted by atomic mass is 16.3. The molecule has 1 aromatic rings. The molecule has 0 radical (unpaired) electrons. The van der Waals surface area contributed by atoms with E-state index in [0.29, 0.717) is 0 Å². The Kier molecular flexibility index (Phi) is 10.1. The maximum atomic E-state index is 10.1. The molecule has 0 aliphatic rings. The maximum absolute atomic E-state index is 10.1. The summed E-state index contributed by atoms with van der Waals surface area (Å²) in [6, 6.07) is 1.81. The molecule has 3 nitrogen and oxygen atoms in total. The van der Waals surface area contributed by atoms with Crippen LogP contribution in [-0.2, 0) is 0 Å². The van der Waals surface area contributed by atoms with Crippen LogP contribution in [0, 0.1) is 6.92 Å². The van der Waals surface area contributed by atoms with Crippen molar-refractivity contribution in [3.63, 3.8) is 0 Å². The molecule has 1 rings (SSSR count). The fraction of sp³-hybridized carbons (Fsp3) is 0.778. The van der Waals surface area contributed by atoms with Gasteiger partial charge in [0.15, 0.2) is 0 Å². The van der Waals surface area contributed by atoms with Gasteiger partial charge >= 0.3 is 0 Å². The van der Waals surface area contributed by atoms with Crippen LogP contribution in [0.1, 0.15) is 95.2 Å². The van der Waals surface area contributed by atoms with E-state index in [4.69, 9.17) is 0 Å². The van der Waals surface area contributed by atoms with Crippen molar-refractivity contribution in [1.29, 1.82) is 0 Å². The van der Waals surface area contributed by atoms with Crippen LogP contribution >= 0.6 is 0 Å². The van der Waals surface area contributed by atoms with E-state index in [2.05, 4.69) is 16.9 Å². The number of aliphatic hydroxyl groups excluding tert-OH is 1. The number of aryl methyl sites for hydroxylation is 1. The zero-order valence-corrected chi connectivity index (χ0v) is 13.9. The number of rotatable bonds is 12. The van der Waals surface area contributed by atoms with Gasteiger partial charge in [-0.05, 0) is 19.4 Å². The van der Waals surface area contributed by atoms with Crippen molar-refractivity contribution in [2.45, 2.75) is 90.6 Å². The van der Waals surface area contributed by atoms with Crippen LogP contribution in [0.15, 0.2) is 12.3 Å². The molecule has 0 amide bonds. The molecule has 1 heterocycles. The molecular formula is C18H32N2O. The number of aliphatic hydroxyl groups is 1. The van der Waals surface area contributed by atoms with E-state index in [1.807, 2.05) is 13.0 Å². The van der Waals surface area contributed by atoms with E-state index < -0.39 is 6.10 Å². The van der Waals surface area contributed by atoms with E-state index in [-0.39, 0.29) is 0 Å². The lowest BCUT2D eigenvalue weighted by atomic mass is 10.0. The summed E-state index contributed by atoms with van der Waals surface area (Å²) in [7, 11) is 0. The second-order valence-corrected chi connectivity index (χ2v) is 6.02. The fourth-order valence-corrected chi connectivity index (χ4v) is 2.63. The third-order valence-corrected chi connectivity index (χ3v) is 3.97. The summed E-state index contributed by atoms with van der Waals surface area (Å²) in [6.45, 7) is 4.12. The monoisotopic (exact) mass is 292 g/mol. The zero-order valence-electron chi connectivity index (χ0n) is 13.9. The molecule has 0 aliphatic carbocycles. The van der Waals surface area contributed by atoms with Gasteiger partial charge in [0.2, 0.25) is 0 Å². The second kappa shape index (κ2) is 11.7. The van der Waals surface area contributed by atoms with E-state index in [9.17, 15) is 5.11 Å². The van der Waals surface area contributed by atoms with Crippen molar-refractivity contribution in [3.05, 3.63) is 23.8 Å². The summed E-state index contributed by atoms with van der Waals surface area (Å²) in [4.78, 5) is 8.33. The molecule has 0 saturated carbocycles. The molecule has 0 spiro atoms. The van der Waals surface area contributed by atoms with Crippen LogP contribution in [0.3, 0.4) is 0 Å². The van der Waals surface area contributed by atoms with Crippen LogP contribution in [0.25, 0.3) is 0 Å². The van der Waals surface area contributed by atoms with Gasteiger partial charge in [-0.15, -0.1) is 0 Å². The summed E-state index contributed by atoms with van der Waals surface area (Å²) in [5, 5.41) is 10.1. The smallest absolute Gasteiger partial charge is 0.125 e. The molecule has 1 N–H and O–H groups in total. The molecule has 3 heteroatoms. The van der Waals surface area contributed by atoms with E-state index in [1.54, 1.807) is 6.20 Å². The summed E-state index contributed by atoms with van der Waals surface area (Å²) in [6.07, 6.45) is 15.3. The number of hydrogen-bond acceptors (Lipinski definition) is 3. The van der Waals surface area contributed by atoms with Gasteiger partial charge in [-0.3, -0.25) is 0 Å². The van der Waals surface area contributed by atoms with Gasteiger partial charge in [-0.2, -0.15) is 0 Å². The first kappa shape index (κ1) is 18.1. The Labute approximate surface area is 130 Å². The molecule has 0 fully saturated rings. The minimum Gasteiger partial charge on any atom is -0.387 e. The van der Waals surface area contributed by atoms with Gasteiger partial charge in [0.1, 0.15) is 5.82 Å². The Morgan fingerprint density at radius 2 is 1.52 bits per heavy atom. The highest BCUT2D eigenvalue weighted by Gasteiger charge is 2.08. The first-order valence-electron chi connectivity index (χ1n) is 8.71. The topological polar surface area (TPSA) is 46.0 Å². The molecule has 0 aliphatic heterocycles. The van der Waals surface area contributed by atoms with Gasteiger partial charge in [0.05, 0.1) is 11.8 Å². The Hall–Kier alpha value is -0.960. The molecular weight excluding hydrogens is 260 g/mol. The first-order chi connectivity index (χ1) is 10.2. The van der Waals surface area contributed by atoms with Crippen molar-refractivity contribution in [3.8, 4) is 0 Å². The molecule has 0 aromatic carbocycles. The minimum atomic E-state index is -0.430. The predicted octanol–water partition coefficient (Wildman–Crippen LogP) is 5.13. The minimum absolute atomic E-state index is 0.430. The number of aromatic nitrogens is 2. The summed E-state index contributed by atoms with van der Waals surface area (Å²) in [5.74, 6) is 0.731. The Morgan fingerprint density at radius 1 is 0.952 bits per heavy atom. The molecule has 1 unspecified atom stereocenters. The first-order valence-corrected chi connectivity index (χ1v) is 8.71. The Bertz CT molecular complexity index is 368. The van der Waals surface area contributed by atoms with Gasteiger partial charge in [-0.1, -0.05) is 71.1 Å². The van der Waals surface area contributed by atoms with Crippen LogP contribution in [0.2, 0.25) is 0 Å². The third kappa shape index (κ3) is 8.82. The van der Waals surface area contributed by atoms with Gasteiger partial charge in [-0.25, -0.2) is 9.97 Å². The van der Waals surface area contributed by atoms with Gasteiger partial charge < -0.3 is 5.11 Å². The van der Waals surface area contributed by atoms with Gasteiger partial charge in [0, 0.05) is 6.20 Å². The average molecular weight is 292 g/mol. The molecule has 120 valence electrons. The Balaban J connectivity index is 1.96. The van der Waals surface area contributed by atoms with E-state index in [0.717, 1.165) is 24.4 Å². The maximum Gasteiger partial charge on any atom is 0.125 e. The highest BCUT2D eigenvalue weighted by molar-refractivity contribution is 5.04. The zero-order chi connectivity index (χ0) is 15.3. The fourth-order valence-electron chi connectivity index (χ4n) is 2.63. The average Bonchev–Trinajstić information content (AvgIpc) is 2.49. The predicted molar refractivity (Wildman–Crippen MR) is 88.2 cm³/mol. The summed E-state index contributed by atoms with van der Waals surface area (Å²) in [5.41, 5.74) is 0.762. The largest absolute Gasteiger partial charge is 0.387 e. The third-order valence-electron chi connectivity index (χ3n) is 3.97. The van der Waals surface area contributed by atoms with Crippen molar-refractivity contribution < 1.29 is 5.11 Å².